The maximum atomic E-state index is 12.4. The Morgan fingerprint density at radius 2 is 2.00 bits per heavy atom. The highest BCUT2D eigenvalue weighted by molar-refractivity contribution is 7.20. The van der Waals surface area contributed by atoms with Gasteiger partial charge in [0, 0.05) is 17.5 Å². The summed E-state index contributed by atoms with van der Waals surface area (Å²) >= 11 is 1.47. The molecule has 5 nitrogen and oxygen atoms in total. The monoisotopic (exact) mass is 378 g/mol. The summed E-state index contributed by atoms with van der Waals surface area (Å²) in [6, 6.07) is 12.1. The number of benzene rings is 1. The fraction of sp³-hybridized carbons (Fsp3) is 0.333. The Kier molecular flexibility index (Phi) is 5.87. The van der Waals surface area contributed by atoms with E-state index in [0.29, 0.717) is 18.0 Å². The molecule has 0 radical (unpaired) electrons. The lowest BCUT2D eigenvalue weighted by Crippen LogP contribution is -2.44. The van der Waals surface area contributed by atoms with Gasteiger partial charge in [0.2, 0.25) is 0 Å². The van der Waals surface area contributed by atoms with E-state index in [2.05, 4.69) is 22.5 Å². The van der Waals surface area contributed by atoms with Gasteiger partial charge in [-0.05, 0) is 32.4 Å². The number of hydrogen-bond donors (Lipinski definition) is 2. The highest BCUT2D eigenvalue weighted by Gasteiger charge is 2.18. The quantitative estimate of drug-likeness (QED) is 0.715. The number of carbonyl (C=O) groups is 1. The van der Waals surface area contributed by atoms with E-state index in [1.165, 1.54) is 16.9 Å². The molecule has 0 aliphatic carbocycles. The fourth-order valence-electron chi connectivity index (χ4n) is 2.48. The first-order valence-corrected chi connectivity index (χ1v) is 8.73. The van der Waals surface area contributed by atoms with Gasteiger partial charge in [0.05, 0.1) is 17.1 Å². The van der Waals surface area contributed by atoms with Gasteiger partial charge in [-0.1, -0.05) is 30.3 Å². The molecular weight excluding hydrogens is 356 g/mol. The van der Waals surface area contributed by atoms with Gasteiger partial charge in [0.15, 0.2) is 0 Å². The number of aryl methyl sites for hydroxylation is 1. The average Bonchev–Trinajstić information content (AvgIpc) is 3.07. The SMILES string of the molecule is Cc1nn(Cc2ccccc2)c2sc(C(=O)NCC(C)(C)N)cc12.Cl. The highest BCUT2D eigenvalue weighted by Crippen LogP contribution is 2.28. The van der Waals surface area contributed by atoms with E-state index in [1.807, 2.05) is 49.7 Å². The fourth-order valence-corrected chi connectivity index (χ4v) is 3.56. The first kappa shape index (κ1) is 19.4. The predicted octanol–water partition coefficient (Wildman–Crippen LogP) is 3.34. The number of nitrogens with two attached hydrogens (primary N) is 1. The smallest absolute Gasteiger partial charge is 0.261 e. The van der Waals surface area contributed by atoms with Crippen molar-refractivity contribution < 1.29 is 4.79 Å². The Balaban J connectivity index is 0.00000225. The summed E-state index contributed by atoms with van der Waals surface area (Å²) in [5.74, 6) is -0.0830. The van der Waals surface area contributed by atoms with Crippen LogP contribution in [-0.4, -0.2) is 27.8 Å². The van der Waals surface area contributed by atoms with Crippen molar-refractivity contribution in [3.63, 3.8) is 0 Å². The van der Waals surface area contributed by atoms with Gasteiger partial charge in [-0.25, -0.2) is 0 Å². The van der Waals surface area contributed by atoms with Gasteiger partial charge in [0.25, 0.3) is 5.91 Å². The molecule has 2 aromatic heterocycles. The Morgan fingerprint density at radius 1 is 1.32 bits per heavy atom. The zero-order chi connectivity index (χ0) is 17.3. The van der Waals surface area contributed by atoms with Crippen molar-refractivity contribution >= 4 is 39.9 Å². The number of fused-ring (bicyclic) bond motifs is 1. The van der Waals surface area contributed by atoms with Crippen molar-refractivity contribution in [1.82, 2.24) is 15.1 Å². The summed E-state index contributed by atoms with van der Waals surface area (Å²) in [6.45, 7) is 6.89. The molecule has 0 fully saturated rings. The minimum absolute atomic E-state index is 0. The second kappa shape index (κ2) is 7.56. The van der Waals surface area contributed by atoms with Gasteiger partial charge in [-0.15, -0.1) is 23.7 Å². The number of rotatable bonds is 5. The zero-order valence-corrected chi connectivity index (χ0v) is 16.2. The maximum absolute atomic E-state index is 12.4. The molecule has 25 heavy (non-hydrogen) atoms. The number of carbonyl (C=O) groups excluding carboxylic acids is 1. The van der Waals surface area contributed by atoms with E-state index in [1.54, 1.807) is 0 Å². The topological polar surface area (TPSA) is 72.9 Å². The summed E-state index contributed by atoms with van der Waals surface area (Å²) in [5.41, 5.74) is 7.63. The van der Waals surface area contributed by atoms with Crippen LogP contribution in [0.3, 0.4) is 0 Å². The average molecular weight is 379 g/mol. The van der Waals surface area contributed by atoms with Crippen molar-refractivity contribution in [3.05, 3.63) is 52.5 Å². The van der Waals surface area contributed by atoms with E-state index in [9.17, 15) is 4.79 Å². The lowest BCUT2D eigenvalue weighted by molar-refractivity contribution is 0.0950. The van der Waals surface area contributed by atoms with Crippen LogP contribution in [0.15, 0.2) is 36.4 Å². The Morgan fingerprint density at radius 3 is 2.64 bits per heavy atom. The van der Waals surface area contributed by atoms with Crippen LogP contribution in [0.4, 0.5) is 0 Å². The molecule has 0 saturated carbocycles. The summed E-state index contributed by atoms with van der Waals surface area (Å²) < 4.78 is 1.97. The molecule has 0 saturated heterocycles. The van der Waals surface area contributed by atoms with Gasteiger partial charge < -0.3 is 11.1 Å². The largest absolute Gasteiger partial charge is 0.350 e. The van der Waals surface area contributed by atoms with Crippen LogP contribution >= 0.6 is 23.7 Å². The van der Waals surface area contributed by atoms with E-state index in [0.717, 1.165) is 15.9 Å². The number of hydrogen-bond acceptors (Lipinski definition) is 4. The lowest BCUT2D eigenvalue weighted by atomic mass is 10.1. The van der Waals surface area contributed by atoms with Gasteiger partial charge in [0.1, 0.15) is 4.83 Å². The standard InChI is InChI=1S/C18H22N4OS.ClH/c1-12-14-9-15(16(23)20-11-18(2,3)19)24-17(14)22(21-12)10-13-7-5-4-6-8-13;/h4-9H,10-11,19H2,1-3H3,(H,20,23);1H. The van der Waals surface area contributed by atoms with E-state index in [-0.39, 0.29) is 18.3 Å². The van der Waals surface area contributed by atoms with Crippen molar-refractivity contribution in [2.24, 2.45) is 5.73 Å². The van der Waals surface area contributed by atoms with Crippen LogP contribution in [0.25, 0.3) is 10.2 Å². The van der Waals surface area contributed by atoms with Crippen LogP contribution in [0.1, 0.15) is 34.8 Å². The maximum Gasteiger partial charge on any atom is 0.261 e. The minimum Gasteiger partial charge on any atom is -0.350 e. The first-order chi connectivity index (χ1) is 11.3. The Bertz CT molecular complexity index is 864. The van der Waals surface area contributed by atoms with Gasteiger partial charge in [-0.2, -0.15) is 5.10 Å². The molecule has 3 N–H and O–H groups in total. The third-order valence-electron chi connectivity index (χ3n) is 3.71. The molecule has 0 spiro atoms. The van der Waals surface area contributed by atoms with Crippen molar-refractivity contribution in [3.8, 4) is 0 Å². The number of nitrogens with one attached hydrogen (secondary N) is 1. The number of thiophene rings is 1. The van der Waals surface area contributed by atoms with Crippen LogP contribution in [-0.2, 0) is 6.54 Å². The molecule has 7 heteroatoms. The second-order valence-corrected chi connectivity index (χ2v) is 7.76. The normalized spacial score (nSPS) is 11.4. The van der Waals surface area contributed by atoms with Crippen LogP contribution in [0, 0.1) is 6.92 Å². The number of amides is 1. The molecule has 3 aromatic rings. The molecule has 0 aliphatic heterocycles. The van der Waals surface area contributed by atoms with E-state index >= 15 is 0 Å². The molecule has 0 aliphatic rings. The molecule has 2 heterocycles. The van der Waals surface area contributed by atoms with E-state index < -0.39 is 5.54 Å². The number of aromatic nitrogens is 2. The summed E-state index contributed by atoms with van der Waals surface area (Å²) in [5, 5.41) is 8.54. The Labute approximate surface area is 157 Å². The van der Waals surface area contributed by atoms with Gasteiger partial charge in [-0.3, -0.25) is 9.48 Å². The predicted molar refractivity (Wildman–Crippen MR) is 106 cm³/mol. The highest BCUT2D eigenvalue weighted by atomic mass is 35.5. The number of halogens is 1. The van der Waals surface area contributed by atoms with Crippen molar-refractivity contribution in [1.29, 1.82) is 0 Å². The molecule has 1 amide bonds. The lowest BCUT2D eigenvalue weighted by Gasteiger charge is -2.18. The summed E-state index contributed by atoms with van der Waals surface area (Å²) in [7, 11) is 0. The third-order valence-corrected chi connectivity index (χ3v) is 4.86. The molecule has 1 aromatic carbocycles. The molecule has 134 valence electrons. The van der Waals surface area contributed by atoms with Crippen molar-refractivity contribution in [2.75, 3.05) is 6.54 Å². The Hall–Kier alpha value is -1.89. The molecular formula is C18H23ClN4OS. The minimum atomic E-state index is -0.424. The summed E-state index contributed by atoms with van der Waals surface area (Å²) in [4.78, 5) is 14.1. The molecule has 0 unspecified atom stereocenters. The zero-order valence-electron chi connectivity index (χ0n) is 14.6. The van der Waals surface area contributed by atoms with Crippen LogP contribution in [0.5, 0.6) is 0 Å². The van der Waals surface area contributed by atoms with Gasteiger partial charge >= 0.3 is 0 Å². The molecule has 0 atom stereocenters. The third kappa shape index (κ3) is 4.60. The van der Waals surface area contributed by atoms with Crippen LogP contribution in [0.2, 0.25) is 0 Å². The van der Waals surface area contributed by atoms with E-state index in [4.69, 9.17) is 5.73 Å². The van der Waals surface area contributed by atoms with Crippen LogP contribution < -0.4 is 11.1 Å². The summed E-state index contributed by atoms with van der Waals surface area (Å²) in [6.07, 6.45) is 0. The molecule has 3 rings (SSSR count). The van der Waals surface area contributed by atoms with Crippen molar-refractivity contribution in [2.45, 2.75) is 32.9 Å². The second-order valence-electron chi connectivity index (χ2n) is 6.73. The number of nitrogens with zero attached hydrogens (tertiary/aromatic N) is 2. The first-order valence-electron chi connectivity index (χ1n) is 7.91. The molecule has 0 bridgehead atoms.